The van der Waals surface area contributed by atoms with Crippen molar-refractivity contribution in [3.05, 3.63) is 11.9 Å². The molecule has 2 unspecified atom stereocenters. The van der Waals surface area contributed by atoms with Crippen LogP contribution in [0, 0.1) is 5.92 Å². The Morgan fingerprint density at radius 3 is 2.85 bits per heavy atom. The van der Waals surface area contributed by atoms with E-state index in [9.17, 15) is 5.11 Å². The largest absolute Gasteiger partial charge is 0.393 e. The van der Waals surface area contributed by atoms with Gasteiger partial charge in [-0.2, -0.15) is 0 Å². The van der Waals surface area contributed by atoms with Crippen LogP contribution in [-0.4, -0.2) is 40.8 Å². The van der Waals surface area contributed by atoms with Crippen molar-refractivity contribution in [1.82, 2.24) is 9.97 Å². The molecule has 0 bridgehead atoms. The normalized spacial score (nSPS) is 20.2. The van der Waals surface area contributed by atoms with Gasteiger partial charge in [-0.25, -0.2) is 9.97 Å². The molecule has 5 heteroatoms. The van der Waals surface area contributed by atoms with Crippen molar-refractivity contribution < 1.29 is 5.11 Å². The zero-order chi connectivity index (χ0) is 14.5. The number of anilines is 2. The lowest BCUT2D eigenvalue weighted by Gasteiger charge is -2.20. The summed E-state index contributed by atoms with van der Waals surface area (Å²) >= 11 is 0. The Hall–Kier alpha value is -1.36. The van der Waals surface area contributed by atoms with E-state index in [4.69, 9.17) is 0 Å². The summed E-state index contributed by atoms with van der Waals surface area (Å²) in [7, 11) is 0. The molecule has 5 nitrogen and oxygen atoms in total. The minimum atomic E-state index is -0.245. The fourth-order valence-electron chi connectivity index (χ4n) is 2.64. The summed E-state index contributed by atoms with van der Waals surface area (Å²) < 4.78 is 0. The molecule has 1 aromatic heterocycles. The van der Waals surface area contributed by atoms with Crippen LogP contribution >= 0.6 is 0 Å². The van der Waals surface area contributed by atoms with Crippen LogP contribution < -0.4 is 10.2 Å². The van der Waals surface area contributed by atoms with Crippen LogP contribution in [0.1, 0.15) is 39.4 Å². The molecule has 1 aliphatic rings. The molecule has 0 saturated carbocycles. The van der Waals surface area contributed by atoms with Crippen molar-refractivity contribution in [2.45, 2.75) is 46.1 Å². The molecular weight excluding hydrogens is 252 g/mol. The van der Waals surface area contributed by atoms with E-state index in [2.05, 4.69) is 34.0 Å². The lowest BCUT2D eigenvalue weighted by molar-refractivity contribution is 0.136. The summed E-state index contributed by atoms with van der Waals surface area (Å²) in [6.45, 7) is 8.79. The Morgan fingerprint density at radius 1 is 1.45 bits per heavy atom. The predicted octanol–water partition coefficient (Wildman–Crippen LogP) is 2.07. The lowest BCUT2D eigenvalue weighted by atomic mass is 10.0. The molecule has 0 aromatic carbocycles. The van der Waals surface area contributed by atoms with E-state index in [1.807, 2.05) is 13.0 Å². The van der Waals surface area contributed by atoms with Crippen molar-refractivity contribution >= 4 is 11.6 Å². The number of hydrogen-bond acceptors (Lipinski definition) is 5. The first kappa shape index (κ1) is 15.0. The molecule has 0 radical (unpaired) electrons. The minimum absolute atomic E-state index is 0.245. The number of hydrogen-bond donors (Lipinski definition) is 2. The fourth-order valence-corrected chi connectivity index (χ4v) is 2.64. The van der Waals surface area contributed by atoms with Crippen LogP contribution in [0.2, 0.25) is 0 Å². The number of aliphatic hydroxyl groups is 1. The van der Waals surface area contributed by atoms with Crippen molar-refractivity contribution in [2.24, 2.45) is 5.92 Å². The van der Waals surface area contributed by atoms with E-state index in [1.54, 1.807) is 0 Å². The molecule has 0 spiro atoms. The van der Waals surface area contributed by atoms with Gasteiger partial charge in [0, 0.05) is 38.0 Å². The van der Waals surface area contributed by atoms with Crippen LogP contribution in [0.5, 0.6) is 0 Å². The molecule has 0 amide bonds. The summed E-state index contributed by atoms with van der Waals surface area (Å²) in [4.78, 5) is 11.5. The molecule has 2 atom stereocenters. The monoisotopic (exact) mass is 278 g/mol. The maximum atomic E-state index is 9.72. The smallest absolute Gasteiger partial charge is 0.134 e. The Bertz CT molecular complexity index is 412. The number of nitrogens with one attached hydrogen (secondary N) is 1. The first-order valence-corrected chi connectivity index (χ1v) is 7.68. The van der Waals surface area contributed by atoms with Gasteiger partial charge < -0.3 is 15.3 Å². The molecule has 1 aliphatic heterocycles. The van der Waals surface area contributed by atoms with E-state index < -0.39 is 0 Å². The van der Waals surface area contributed by atoms with Crippen molar-refractivity contribution in [3.63, 3.8) is 0 Å². The number of rotatable bonds is 6. The average Bonchev–Trinajstić information content (AvgIpc) is 2.89. The Morgan fingerprint density at radius 2 is 2.25 bits per heavy atom. The molecular formula is C15H26N4O. The second-order valence-electron chi connectivity index (χ2n) is 5.54. The minimum Gasteiger partial charge on any atom is -0.393 e. The van der Waals surface area contributed by atoms with Crippen LogP contribution in [-0.2, 0) is 6.42 Å². The Labute approximate surface area is 121 Å². The van der Waals surface area contributed by atoms with Crippen LogP contribution in [0.3, 0.4) is 0 Å². The zero-order valence-corrected chi connectivity index (χ0v) is 12.8. The highest BCUT2D eigenvalue weighted by Crippen LogP contribution is 2.26. The second kappa shape index (κ2) is 6.88. The highest BCUT2D eigenvalue weighted by atomic mass is 16.3. The van der Waals surface area contributed by atoms with Gasteiger partial charge in [0.25, 0.3) is 0 Å². The van der Waals surface area contributed by atoms with Crippen LogP contribution in [0.25, 0.3) is 0 Å². The highest BCUT2D eigenvalue weighted by molar-refractivity contribution is 5.50. The molecule has 1 saturated heterocycles. The topological polar surface area (TPSA) is 61.3 Å². The first-order chi connectivity index (χ1) is 9.63. The van der Waals surface area contributed by atoms with Gasteiger partial charge in [0.1, 0.15) is 17.5 Å². The lowest BCUT2D eigenvalue weighted by Crippen LogP contribution is -2.25. The summed E-state index contributed by atoms with van der Waals surface area (Å²) in [5.74, 6) is 3.15. The summed E-state index contributed by atoms with van der Waals surface area (Å²) in [6.07, 6.45) is 2.73. The van der Waals surface area contributed by atoms with E-state index in [0.29, 0.717) is 5.92 Å². The number of aliphatic hydroxyl groups excluding tert-OH is 1. The quantitative estimate of drug-likeness (QED) is 0.834. The Balaban J connectivity index is 2.17. The third kappa shape index (κ3) is 3.60. The summed E-state index contributed by atoms with van der Waals surface area (Å²) in [5.41, 5.74) is 0. The zero-order valence-electron chi connectivity index (χ0n) is 12.8. The number of aromatic nitrogens is 2. The number of nitrogens with zero attached hydrogens (tertiary/aromatic N) is 3. The maximum absolute atomic E-state index is 9.72. The van der Waals surface area contributed by atoms with Gasteiger partial charge in [-0.3, -0.25) is 0 Å². The summed E-state index contributed by atoms with van der Waals surface area (Å²) in [6, 6.07) is 2.02. The molecule has 112 valence electrons. The van der Waals surface area contributed by atoms with Gasteiger partial charge in [0.2, 0.25) is 0 Å². The van der Waals surface area contributed by atoms with Gasteiger partial charge >= 0.3 is 0 Å². The van der Waals surface area contributed by atoms with Gasteiger partial charge in [-0.1, -0.05) is 6.92 Å². The molecule has 1 aromatic rings. The fraction of sp³-hybridized carbons (Fsp3) is 0.733. The number of aryl methyl sites for hydroxylation is 1. The van der Waals surface area contributed by atoms with E-state index >= 15 is 0 Å². The standard InChI is InChI=1S/C15H26N4O/c1-4-6-13-17-14(16-5-2)9-15(18-13)19-8-7-12(10-19)11(3)20/h9,11-12,20H,4-8,10H2,1-3H3,(H,16,17,18). The molecule has 2 heterocycles. The van der Waals surface area contributed by atoms with Crippen molar-refractivity contribution in [1.29, 1.82) is 0 Å². The third-order valence-corrected chi connectivity index (χ3v) is 3.82. The third-order valence-electron chi connectivity index (χ3n) is 3.82. The van der Waals surface area contributed by atoms with Gasteiger partial charge in [0.05, 0.1) is 6.10 Å². The highest BCUT2D eigenvalue weighted by Gasteiger charge is 2.27. The molecule has 0 aliphatic carbocycles. The first-order valence-electron chi connectivity index (χ1n) is 7.68. The summed E-state index contributed by atoms with van der Waals surface area (Å²) in [5, 5.41) is 13.0. The van der Waals surface area contributed by atoms with Gasteiger partial charge in [-0.05, 0) is 26.7 Å². The van der Waals surface area contributed by atoms with Crippen LogP contribution in [0.15, 0.2) is 6.07 Å². The maximum Gasteiger partial charge on any atom is 0.134 e. The second-order valence-corrected chi connectivity index (χ2v) is 5.54. The molecule has 2 rings (SSSR count). The van der Waals surface area contributed by atoms with Crippen LogP contribution in [0.4, 0.5) is 11.6 Å². The molecule has 1 fully saturated rings. The average molecular weight is 278 g/mol. The van der Waals surface area contributed by atoms with E-state index in [-0.39, 0.29) is 6.10 Å². The van der Waals surface area contributed by atoms with Gasteiger partial charge in [0.15, 0.2) is 0 Å². The van der Waals surface area contributed by atoms with Gasteiger partial charge in [-0.15, -0.1) is 0 Å². The predicted molar refractivity (Wildman–Crippen MR) is 82.2 cm³/mol. The van der Waals surface area contributed by atoms with Crippen molar-refractivity contribution in [3.8, 4) is 0 Å². The van der Waals surface area contributed by atoms with E-state index in [1.165, 1.54) is 0 Å². The molecule has 20 heavy (non-hydrogen) atoms. The SMILES string of the molecule is CCCc1nc(NCC)cc(N2CCC(C(C)O)C2)n1. The molecule has 2 N–H and O–H groups in total. The Kier molecular flexibility index (Phi) is 5.17. The van der Waals surface area contributed by atoms with Crippen molar-refractivity contribution in [2.75, 3.05) is 29.9 Å². The van der Waals surface area contributed by atoms with E-state index in [0.717, 1.165) is 56.4 Å².